The molecule has 0 amide bonds. The summed E-state index contributed by atoms with van der Waals surface area (Å²) in [4.78, 5) is 18.7. The van der Waals surface area contributed by atoms with Crippen molar-refractivity contribution in [3.8, 4) is 5.95 Å². The minimum atomic E-state index is 0.177. The van der Waals surface area contributed by atoms with Gasteiger partial charge in [-0.15, -0.1) is 0 Å². The van der Waals surface area contributed by atoms with Gasteiger partial charge in [-0.25, -0.2) is 4.98 Å². The van der Waals surface area contributed by atoms with Gasteiger partial charge in [0.25, 0.3) is 0 Å². The van der Waals surface area contributed by atoms with Gasteiger partial charge >= 0.3 is 0 Å². The Labute approximate surface area is 117 Å². The molecule has 0 N–H and O–H groups in total. The van der Waals surface area contributed by atoms with Gasteiger partial charge in [-0.05, 0) is 24.4 Å². The lowest BCUT2D eigenvalue weighted by molar-refractivity contribution is 0.498. The van der Waals surface area contributed by atoms with E-state index < -0.39 is 0 Å². The standard InChI is InChI=1S/C12H17ClN6/c1-8(2)9(3)18(4)11-15-10(13)16-12(17-11)19-6-5-14-7-19/h5-9H,1-4H3. The van der Waals surface area contributed by atoms with Gasteiger partial charge in [0.2, 0.25) is 17.2 Å². The van der Waals surface area contributed by atoms with Crippen molar-refractivity contribution in [2.75, 3.05) is 11.9 Å². The number of hydrogen-bond donors (Lipinski definition) is 0. The van der Waals surface area contributed by atoms with Crippen LogP contribution >= 0.6 is 11.6 Å². The fourth-order valence-electron chi connectivity index (χ4n) is 1.61. The van der Waals surface area contributed by atoms with E-state index in [1.807, 2.05) is 11.9 Å². The van der Waals surface area contributed by atoms with Crippen molar-refractivity contribution in [2.45, 2.75) is 26.8 Å². The van der Waals surface area contributed by atoms with Crippen molar-refractivity contribution in [2.24, 2.45) is 5.92 Å². The molecule has 0 spiro atoms. The second-order valence-electron chi connectivity index (χ2n) is 4.77. The summed E-state index contributed by atoms with van der Waals surface area (Å²) in [6.45, 7) is 6.43. The highest BCUT2D eigenvalue weighted by Gasteiger charge is 2.18. The Morgan fingerprint density at radius 3 is 2.53 bits per heavy atom. The minimum absolute atomic E-state index is 0.177. The number of hydrogen-bond acceptors (Lipinski definition) is 5. The van der Waals surface area contributed by atoms with Crippen molar-refractivity contribution in [1.29, 1.82) is 0 Å². The van der Waals surface area contributed by atoms with Crippen molar-refractivity contribution < 1.29 is 0 Å². The first kappa shape index (κ1) is 13.7. The summed E-state index contributed by atoms with van der Waals surface area (Å²) in [5, 5.41) is 0.177. The number of halogens is 1. The van der Waals surface area contributed by atoms with Crippen LogP contribution in [0.2, 0.25) is 5.28 Å². The SMILES string of the molecule is CC(C)C(C)N(C)c1nc(Cl)nc(-n2ccnc2)n1. The molecule has 2 aromatic rings. The molecule has 2 rings (SSSR count). The highest BCUT2D eigenvalue weighted by Crippen LogP contribution is 2.17. The lowest BCUT2D eigenvalue weighted by Gasteiger charge is -2.27. The first-order valence-electron chi connectivity index (χ1n) is 6.11. The number of aromatic nitrogens is 5. The topological polar surface area (TPSA) is 59.7 Å². The molecule has 6 nitrogen and oxygen atoms in total. The summed E-state index contributed by atoms with van der Waals surface area (Å²) >= 11 is 5.97. The second kappa shape index (κ2) is 5.52. The average molecular weight is 281 g/mol. The van der Waals surface area contributed by atoms with Crippen molar-refractivity contribution in [3.05, 3.63) is 24.0 Å². The van der Waals surface area contributed by atoms with Crippen LogP contribution in [0.25, 0.3) is 5.95 Å². The Kier molecular flexibility index (Phi) is 3.99. The Balaban J connectivity index is 2.37. The van der Waals surface area contributed by atoms with Gasteiger partial charge in [0.15, 0.2) is 0 Å². The molecular weight excluding hydrogens is 264 g/mol. The predicted molar refractivity (Wildman–Crippen MR) is 74.7 cm³/mol. The maximum atomic E-state index is 5.97. The van der Waals surface area contributed by atoms with E-state index in [1.165, 1.54) is 0 Å². The van der Waals surface area contributed by atoms with E-state index in [9.17, 15) is 0 Å². The molecule has 0 saturated heterocycles. The van der Waals surface area contributed by atoms with Gasteiger partial charge in [-0.3, -0.25) is 4.57 Å². The zero-order valence-electron chi connectivity index (χ0n) is 11.4. The first-order chi connectivity index (χ1) is 8.99. The fourth-order valence-corrected chi connectivity index (χ4v) is 1.76. The zero-order valence-corrected chi connectivity index (χ0v) is 12.2. The van der Waals surface area contributed by atoms with Crippen LogP contribution in [0.1, 0.15) is 20.8 Å². The third-order valence-corrected chi connectivity index (χ3v) is 3.38. The van der Waals surface area contributed by atoms with Gasteiger partial charge in [0, 0.05) is 25.5 Å². The molecule has 0 aliphatic heterocycles. The Hall–Kier alpha value is -1.69. The molecule has 7 heteroatoms. The molecule has 1 unspecified atom stereocenters. The molecule has 0 aromatic carbocycles. The van der Waals surface area contributed by atoms with Crippen molar-refractivity contribution >= 4 is 17.5 Å². The smallest absolute Gasteiger partial charge is 0.241 e. The third kappa shape index (κ3) is 3.01. The molecule has 102 valence electrons. The monoisotopic (exact) mass is 280 g/mol. The summed E-state index contributed by atoms with van der Waals surface area (Å²) in [6.07, 6.45) is 5.06. The summed E-state index contributed by atoms with van der Waals surface area (Å²) < 4.78 is 1.70. The van der Waals surface area contributed by atoms with Crippen LogP contribution in [0.3, 0.4) is 0 Å². The average Bonchev–Trinajstić information content (AvgIpc) is 2.90. The van der Waals surface area contributed by atoms with Gasteiger partial charge in [-0.1, -0.05) is 13.8 Å². The van der Waals surface area contributed by atoms with E-state index in [0.717, 1.165) is 0 Å². The Morgan fingerprint density at radius 1 is 1.21 bits per heavy atom. The van der Waals surface area contributed by atoms with E-state index in [2.05, 4.69) is 40.7 Å². The van der Waals surface area contributed by atoms with Crippen LogP contribution in [-0.4, -0.2) is 37.6 Å². The van der Waals surface area contributed by atoms with E-state index in [0.29, 0.717) is 23.9 Å². The zero-order chi connectivity index (χ0) is 14.0. The molecule has 2 aromatic heterocycles. The van der Waals surface area contributed by atoms with E-state index >= 15 is 0 Å². The van der Waals surface area contributed by atoms with Gasteiger partial charge in [0.05, 0.1) is 0 Å². The summed E-state index contributed by atoms with van der Waals surface area (Å²) in [5.41, 5.74) is 0. The van der Waals surface area contributed by atoms with Crippen LogP contribution in [0.5, 0.6) is 0 Å². The number of imidazole rings is 1. The fraction of sp³-hybridized carbons (Fsp3) is 0.500. The number of anilines is 1. The molecule has 1 atom stereocenters. The van der Waals surface area contributed by atoms with Gasteiger partial charge < -0.3 is 4.90 Å². The molecule has 0 aliphatic carbocycles. The highest BCUT2D eigenvalue weighted by molar-refractivity contribution is 6.28. The summed E-state index contributed by atoms with van der Waals surface area (Å²) in [7, 11) is 1.95. The van der Waals surface area contributed by atoms with Crippen LogP contribution in [0, 0.1) is 5.92 Å². The van der Waals surface area contributed by atoms with Crippen LogP contribution in [0.4, 0.5) is 5.95 Å². The summed E-state index contributed by atoms with van der Waals surface area (Å²) in [5.74, 6) is 1.51. The van der Waals surface area contributed by atoms with Gasteiger partial charge in [0.1, 0.15) is 6.33 Å². The lowest BCUT2D eigenvalue weighted by atomic mass is 10.1. The van der Waals surface area contributed by atoms with Gasteiger partial charge in [-0.2, -0.15) is 15.0 Å². The highest BCUT2D eigenvalue weighted by atomic mass is 35.5. The maximum Gasteiger partial charge on any atom is 0.241 e. The number of rotatable bonds is 4. The largest absolute Gasteiger partial charge is 0.341 e. The quantitative estimate of drug-likeness (QED) is 0.859. The Morgan fingerprint density at radius 2 is 1.95 bits per heavy atom. The maximum absolute atomic E-state index is 5.97. The Bertz CT molecular complexity index is 539. The second-order valence-corrected chi connectivity index (χ2v) is 5.11. The molecule has 0 saturated carbocycles. The molecule has 0 bridgehead atoms. The molecule has 2 heterocycles. The predicted octanol–water partition coefficient (Wildman–Crippen LogP) is 2.19. The van der Waals surface area contributed by atoms with E-state index in [-0.39, 0.29) is 5.28 Å². The molecule has 0 fully saturated rings. The van der Waals surface area contributed by atoms with E-state index in [4.69, 9.17) is 11.6 Å². The van der Waals surface area contributed by atoms with Crippen molar-refractivity contribution in [3.63, 3.8) is 0 Å². The number of nitrogens with zero attached hydrogens (tertiary/aromatic N) is 6. The molecule has 0 radical (unpaired) electrons. The molecule has 0 aliphatic rings. The van der Waals surface area contributed by atoms with Crippen LogP contribution in [0.15, 0.2) is 18.7 Å². The van der Waals surface area contributed by atoms with Crippen LogP contribution in [-0.2, 0) is 0 Å². The normalized spacial score (nSPS) is 12.7. The minimum Gasteiger partial charge on any atom is -0.341 e. The first-order valence-corrected chi connectivity index (χ1v) is 6.49. The van der Waals surface area contributed by atoms with E-state index in [1.54, 1.807) is 23.3 Å². The molecule has 19 heavy (non-hydrogen) atoms. The van der Waals surface area contributed by atoms with Crippen molar-refractivity contribution in [1.82, 2.24) is 24.5 Å². The summed E-state index contributed by atoms with van der Waals surface area (Å²) in [6, 6.07) is 0.300. The third-order valence-electron chi connectivity index (χ3n) is 3.21. The van der Waals surface area contributed by atoms with Crippen LogP contribution < -0.4 is 4.90 Å². The lowest BCUT2D eigenvalue weighted by Crippen LogP contribution is -2.34. The molecular formula is C12H17ClN6.